The predicted molar refractivity (Wildman–Crippen MR) is 110 cm³/mol. The fourth-order valence-corrected chi connectivity index (χ4v) is 3.72. The third kappa shape index (κ3) is 3.93. The van der Waals surface area contributed by atoms with Crippen LogP contribution in [-0.2, 0) is 9.59 Å². The van der Waals surface area contributed by atoms with Crippen LogP contribution in [-0.4, -0.2) is 18.4 Å². The highest BCUT2D eigenvalue weighted by molar-refractivity contribution is 6.04. The van der Waals surface area contributed by atoms with E-state index in [1.54, 1.807) is 17.0 Å². The summed E-state index contributed by atoms with van der Waals surface area (Å²) < 4.78 is 13.8. The molecule has 0 saturated carbocycles. The fraction of sp³-hybridized carbons (Fsp3) is 0.391. The quantitative estimate of drug-likeness (QED) is 0.785. The van der Waals surface area contributed by atoms with E-state index >= 15 is 0 Å². The van der Waals surface area contributed by atoms with Crippen molar-refractivity contribution in [2.75, 3.05) is 16.8 Å². The molecule has 1 heterocycles. The van der Waals surface area contributed by atoms with Crippen molar-refractivity contribution >= 4 is 23.2 Å². The summed E-state index contributed by atoms with van der Waals surface area (Å²) in [4.78, 5) is 27.2. The van der Waals surface area contributed by atoms with Crippen LogP contribution in [0.5, 0.6) is 0 Å². The molecular formula is C23H27FN2O2. The Bertz CT molecular complexity index is 866. The van der Waals surface area contributed by atoms with Gasteiger partial charge in [0.15, 0.2) is 0 Å². The first-order valence-electron chi connectivity index (χ1n) is 9.78. The van der Waals surface area contributed by atoms with Gasteiger partial charge in [0.25, 0.3) is 0 Å². The van der Waals surface area contributed by atoms with Crippen LogP contribution in [0.15, 0.2) is 42.5 Å². The van der Waals surface area contributed by atoms with Crippen molar-refractivity contribution in [2.45, 2.75) is 46.0 Å². The molecule has 0 bridgehead atoms. The van der Waals surface area contributed by atoms with Gasteiger partial charge in [0.2, 0.25) is 11.8 Å². The number of halogens is 1. The molecule has 1 unspecified atom stereocenters. The van der Waals surface area contributed by atoms with Crippen molar-refractivity contribution in [3.8, 4) is 0 Å². The second kappa shape index (κ2) is 8.13. The predicted octanol–water partition coefficient (Wildman–Crippen LogP) is 5.06. The van der Waals surface area contributed by atoms with Crippen molar-refractivity contribution in [1.82, 2.24) is 0 Å². The number of para-hydroxylation sites is 2. The Morgan fingerprint density at radius 2 is 1.64 bits per heavy atom. The lowest BCUT2D eigenvalue weighted by Crippen LogP contribution is -2.30. The minimum absolute atomic E-state index is 0.0660. The van der Waals surface area contributed by atoms with Crippen molar-refractivity contribution in [2.24, 2.45) is 5.92 Å². The number of nitrogens with zero attached hydrogens (tertiary/aromatic N) is 1. The van der Waals surface area contributed by atoms with Crippen LogP contribution in [0.4, 0.5) is 15.8 Å². The molecule has 4 nitrogen and oxygen atoms in total. The number of hydrogen-bond donors (Lipinski definition) is 1. The highest BCUT2D eigenvalue weighted by Crippen LogP contribution is 2.38. The highest BCUT2D eigenvalue weighted by Gasteiger charge is 2.37. The van der Waals surface area contributed by atoms with Crippen LogP contribution >= 0.6 is 0 Å². The lowest BCUT2D eigenvalue weighted by atomic mass is 9.92. The van der Waals surface area contributed by atoms with E-state index in [2.05, 4.69) is 33.0 Å². The Balaban J connectivity index is 1.87. The highest BCUT2D eigenvalue weighted by atomic mass is 19.1. The molecular weight excluding hydrogens is 355 g/mol. The summed E-state index contributed by atoms with van der Waals surface area (Å²) in [5.41, 5.74) is 3.28. The molecule has 1 saturated heterocycles. The normalized spacial score (nSPS) is 16.9. The van der Waals surface area contributed by atoms with E-state index in [4.69, 9.17) is 0 Å². The van der Waals surface area contributed by atoms with Crippen LogP contribution in [0.3, 0.4) is 0 Å². The van der Waals surface area contributed by atoms with Crippen molar-refractivity contribution in [3.63, 3.8) is 0 Å². The first-order chi connectivity index (χ1) is 13.3. The van der Waals surface area contributed by atoms with Gasteiger partial charge in [-0.15, -0.1) is 0 Å². The Hall–Kier alpha value is -2.69. The third-order valence-electron chi connectivity index (χ3n) is 5.24. The van der Waals surface area contributed by atoms with E-state index in [-0.39, 0.29) is 35.8 Å². The Labute approximate surface area is 165 Å². The Kier molecular flexibility index (Phi) is 5.82. The van der Waals surface area contributed by atoms with Crippen LogP contribution in [0.2, 0.25) is 0 Å². The molecule has 1 atom stereocenters. The number of carbonyl (C=O) groups is 2. The molecule has 0 aliphatic carbocycles. The first-order valence-corrected chi connectivity index (χ1v) is 9.78. The second-order valence-corrected chi connectivity index (χ2v) is 7.97. The molecule has 1 fully saturated rings. The van der Waals surface area contributed by atoms with Gasteiger partial charge in [-0.3, -0.25) is 9.59 Å². The maximum Gasteiger partial charge on any atom is 0.229 e. The summed E-state index contributed by atoms with van der Waals surface area (Å²) in [7, 11) is 0. The molecule has 0 spiro atoms. The van der Waals surface area contributed by atoms with Crippen molar-refractivity contribution in [3.05, 3.63) is 59.4 Å². The summed E-state index contributed by atoms with van der Waals surface area (Å²) in [6.07, 6.45) is 0.129. The maximum atomic E-state index is 13.8. The topological polar surface area (TPSA) is 49.4 Å². The number of amides is 2. The summed E-state index contributed by atoms with van der Waals surface area (Å²) in [5, 5.41) is 2.63. The molecule has 148 valence electrons. The zero-order valence-corrected chi connectivity index (χ0v) is 16.8. The van der Waals surface area contributed by atoms with Gasteiger partial charge >= 0.3 is 0 Å². The van der Waals surface area contributed by atoms with E-state index < -0.39 is 11.7 Å². The van der Waals surface area contributed by atoms with Gasteiger partial charge in [0.1, 0.15) is 5.82 Å². The van der Waals surface area contributed by atoms with Crippen LogP contribution in [0.1, 0.15) is 57.1 Å². The van der Waals surface area contributed by atoms with Crippen LogP contribution < -0.4 is 10.2 Å². The average Bonchev–Trinajstić information content (AvgIpc) is 3.04. The number of nitrogens with one attached hydrogen (secondary N) is 1. The standard InChI is InChI=1S/C23H27FN2O2/c1-14(2)17-8-7-9-18(15(3)4)22(17)26-13-16(12-21(26)27)23(28)25-20-11-6-5-10-19(20)24/h5-11,14-16H,12-13H2,1-4H3,(H,25,28). The third-order valence-corrected chi connectivity index (χ3v) is 5.24. The summed E-state index contributed by atoms with van der Waals surface area (Å²) >= 11 is 0. The smallest absolute Gasteiger partial charge is 0.229 e. The molecule has 2 aromatic rings. The molecule has 1 aliphatic rings. The monoisotopic (exact) mass is 382 g/mol. The number of anilines is 2. The lowest BCUT2D eigenvalue weighted by Gasteiger charge is -2.27. The Morgan fingerprint density at radius 3 is 2.21 bits per heavy atom. The minimum Gasteiger partial charge on any atom is -0.323 e. The number of rotatable bonds is 5. The summed E-state index contributed by atoms with van der Waals surface area (Å²) in [6.45, 7) is 8.72. The van der Waals surface area contributed by atoms with Crippen molar-refractivity contribution in [1.29, 1.82) is 0 Å². The number of carbonyl (C=O) groups excluding carboxylic acids is 2. The molecule has 3 rings (SSSR count). The van der Waals surface area contributed by atoms with Gasteiger partial charge in [-0.2, -0.15) is 0 Å². The van der Waals surface area contributed by atoms with Gasteiger partial charge in [-0.25, -0.2) is 4.39 Å². The molecule has 0 aromatic heterocycles. The van der Waals surface area contributed by atoms with Gasteiger partial charge in [0.05, 0.1) is 17.3 Å². The van der Waals surface area contributed by atoms with Crippen LogP contribution in [0, 0.1) is 11.7 Å². The minimum atomic E-state index is -0.507. The van der Waals surface area contributed by atoms with Gasteiger partial charge in [0, 0.05) is 13.0 Å². The molecule has 1 aliphatic heterocycles. The molecule has 2 amide bonds. The molecule has 0 radical (unpaired) electrons. The molecule has 5 heteroatoms. The Morgan fingerprint density at radius 1 is 1.04 bits per heavy atom. The van der Waals surface area contributed by atoms with Gasteiger partial charge in [-0.05, 0) is 35.1 Å². The van der Waals surface area contributed by atoms with E-state index in [0.29, 0.717) is 6.54 Å². The molecule has 28 heavy (non-hydrogen) atoms. The number of benzene rings is 2. The van der Waals surface area contributed by atoms with Gasteiger partial charge in [-0.1, -0.05) is 58.0 Å². The molecule has 2 aromatic carbocycles. The van der Waals surface area contributed by atoms with E-state index in [1.807, 2.05) is 18.2 Å². The van der Waals surface area contributed by atoms with E-state index in [0.717, 1.165) is 16.8 Å². The lowest BCUT2D eigenvalue weighted by molar-refractivity contribution is -0.122. The first kappa shape index (κ1) is 20.1. The summed E-state index contributed by atoms with van der Waals surface area (Å²) in [6, 6.07) is 12.2. The zero-order valence-electron chi connectivity index (χ0n) is 16.8. The zero-order chi connectivity index (χ0) is 20.4. The molecule has 1 N–H and O–H groups in total. The largest absolute Gasteiger partial charge is 0.323 e. The SMILES string of the molecule is CC(C)c1cccc(C(C)C)c1N1CC(C(=O)Nc2ccccc2F)CC1=O. The maximum absolute atomic E-state index is 13.8. The fourth-order valence-electron chi connectivity index (χ4n) is 3.72. The number of hydrogen-bond acceptors (Lipinski definition) is 2. The van der Waals surface area contributed by atoms with Gasteiger partial charge < -0.3 is 10.2 Å². The van der Waals surface area contributed by atoms with Crippen LogP contribution in [0.25, 0.3) is 0 Å². The average molecular weight is 382 g/mol. The second-order valence-electron chi connectivity index (χ2n) is 7.97. The van der Waals surface area contributed by atoms with Crippen molar-refractivity contribution < 1.29 is 14.0 Å². The summed E-state index contributed by atoms with van der Waals surface area (Å²) in [5.74, 6) is -0.866. The van der Waals surface area contributed by atoms with E-state index in [9.17, 15) is 14.0 Å². The van der Waals surface area contributed by atoms with E-state index in [1.165, 1.54) is 12.1 Å².